The van der Waals surface area contributed by atoms with Gasteiger partial charge in [-0.25, -0.2) is 14.1 Å². The fourth-order valence-electron chi connectivity index (χ4n) is 2.55. The van der Waals surface area contributed by atoms with Crippen LogP contribution in [0, 0.1) is 5.82 Å². The summed E-state index contributed by atoms with van der Waals surface area (Å²) in [6.07, 6.45) is 0. The standard InChI is InChI=1S/C17H17FN2O3S/c1-17(2)20-16(12-4-6-13(18)7-5-12)14-8-3-11(9-15(14)23-17)10-19-24(21)22/h3-9,19H,10H2,1-2H3,(H,21,22)/p-1. The van der Waals surface area contributed by atoms with Crippen molar-refractivity contribution in [1.82, 2.24) is 4.72 Å². The molecule has 126 valence electrons. The number of hydrogen-bond acceptors (Lipinski definition) is 4. The van der Waals surface area contributed by atoms with Crippen LogP contribution in [-0.2, 0) is 17.8 Å². The Hall–Kier alpha value is -2.09. The predicted octanol–water partition coefficient (Wildman–Crippen LogP) is 2.68. The quantitative estimate of drug-likeness (QED) is 0.864. The molecule has 1 N–H and O–H groups in total. The molecule has 0 amide bonds. The third-order valence-electron chi connectivity index (χ3n) is 3.55. The summed E-state index contributed by atoms with van der Waals surface area (Å²) >= 11 is -2.32. The molecule has 0 aliphatic carbocycles. The largest absolute Gasteiger partial charge is 0.760 e. The van der Waals surface area contributed by atoms with Gasteiger partial charge in [0.05, 0.1) is 5.71 Å². The molecule has 0 saturated carbocycles. The van der Waals surface area contributed by atoms with Gasteiger partial charge in [0, 0.05) is 28.9 Å². The molecule has 0 spiro atoms. The lowest BCUT2D eigenvalue weighted by Crippen LogP contribution is -2.32. The van der Waals surface area contributed by atoms with Crippen molar-refractivity contribution in [2.45, 2.75) is 26.1 Å². The zero-order valence-corrected chi connectivity index (χ0v) is 14.0. The fourth-order valence-corrected chi connectivity index (χ4v) is 2.83. The Morgan fingerprint density at radius 3 is 2.62 bits per heavy atom. The molecular weight excluding hydrogens is 331 g/mol. The van der Waals surface area contributed by atoms with E-state index in [1.165, 1.54) is 12.1 Å². The molecule has 2 aromatic rings. The average Bonchev–Trinajstić information content (AvgIpc) is 2.51. The first-order valence-electron chi connectivity index (χ1n) is 7.35. The van der Waals surface area contributed by atoms with Gasteiger partial charge < -0.3 is 9.29 Å². The second-order valence-corrected chi connectivity index (χ2v) is 6.66. The first-order chi connectivity index (χ1) is 11.3. The predicted molar refractivity (Wildman–Crippen MR) is 88.9 cm³/mol. The zero-order valence-electron chi connectivity index (χ0n) is 13.2. The minimum atomic E-state index is -2.32. The van der Waals surface area contributed by atoms with Crippen molar-refractivity contribution in [2.75, 3.05) is 0 Å². The molecule has 7 heteroatoms. The molecule has 0 saturated heterocycles. The number of hydrogen-bond donors (Lipinski definition) is 1. The summed E-state index contributed by atoms with van der Waals surface area (Å²) in [5.74, 6) is 0.309. The summed E-state index contributed by atoms with van der Waals surface area (Å²) in [5, 5.41) is 0. The number of rotatable bonds is 4. The summed E-state index contributed by atoms with van der Waals surface area (Å²) in [4.78, 5) is 4.62. The van der Waals surface area contributed by atoms with Crippen LogP contribution in [0.4, 0.5) is 4.39 Å². The normalized spacial score (nSPS) is 16.8. The van der Waals surface area contributed by atoms with Crippen molar-refractivity contribution >= 4 is 17.0 Å². The van der Waals surface area contributed by atoms with Crippen molar-refractivity contribution in [1.29, 1.82) is 0 Å². The van der Waals surface area contributed by atoms with Gasteiger partial charge in [-0.15, -0.1) is 0 Å². The molecule has 1 unspecified atom stereocenters. The lowest BCUT2D eigenvalue weighted by molar-refractivity contribution is 0.115. The third-order valence-corrected chi connectivity index (χ3v) is 3.93. The Morgan fingerprint density at radius 1 is 1.25 bits per heavy atom. The summed E-state index contributed by atoms with van der Waals surface area (Å²) in [5.41, 5.74) is 2.29. The van der Waals surface area contributed by atoms with E-state index in [9.17, 15) is 13.2 Å². The number of nitrogens with one attached hydrogen (secondary N) is 1. The highest BCUT2D eigenvalue weighted by molar-refractivity contribution is 7.77. The Labute approximate surface area is 142 Å². The topological polar surface area (TPSA) is 73.8 Å². The van der Waals surface area contributed by atoms with Crippen LogP contribution in [-0.4, -0.2) is 20.2 Å². The second-order valence-electron chi connectivity index (χ2n) is 5.90. The molecule has 24 heavy (non-hydrogen) atoms. The highest BCUT2D eigenvalue weighted by Crippen LogP contribution is 2.33. The van der Waals surface area contributed by atoms with Crippen LogP contribution in [0.1, 0.15) is 30.5 Å². The van der Waals surface area contributed by atoms with E-state index in [4.69, 9.17) is 4.74 Å². The fraction of sp³-hybridized carbons (Fsp3) is 0.235. The molecule has 0 radical (unpaired) electrons. The zero-order chi connectivity index (χ0) is 17.3. The van der Waals surface area contributed by atoms with Crippen LogP contribution in [0.25, 0.3) is 0 Å². The van der Waals surface area contributed by atoms with Gasteiger partial charge in [-0.3, -0.25) is 4.21 Å². The van der Waals surface area contributed by atoms with E-state index in [1.807, 2.05) is 19.9 Å². The molecular formula is C17H16FN2O3S-. The number of benzene rings is 2. The summed E-state index contributed by atoms with van der Waals surface area (Å²) < 4.78 is 42.7. The van der Waals surface area contributed by atoms with E-state index in [0.717, 1.165) is 16.7 Å². The van der Waals surface area contributed by atoms with Crippen LogP contribution in [0.5, 0.6) is 5.75 Å². The summed E-state index contributed by atoms with van der Waals surface area (Å²) in [6.45, 7) is 3.84. The van der Waals surface area contributed by atoms with Gasteiger partial charge in [0.1, 0.15) is 11.6 Å². The molecule has 1 heterocycles. The van der Waals surface area contributed by atoms with Crippen molar-refractivity contribution in [3.05, 3.63) is 65.0 Å². The number of halogens is 1. The van der Waals surface area contributed by atoms with Crippen LogP contribution < -0.4 is 9.46 Å². The second kappa shape index (κ2) is 6.43. The Kier molecular flexibility index (Phi) is 4.49. The summed E-state index contributed by atoms with van der Waals surface area (Å²) in [7, 11) is 0. The van der Waals surface area contributed by atoms with Crippen LogP contribution >= 0.6 is 0 Å². The number of nitrogens with zero attached hydrogens (tertiary/aromatic N) is 1. The number of ether oxygens (including phenoxy) is 1. The molecule has 5 nitrogen and oxygen atoms in total. The van der Waals surface area contributed by atoms with Gasteiger partial charge in [-0.1, -0.05) is 6.07 Å². The van der Waals surface area contributed by atoms with Crippen molar-refractivity contribution in [3.8, 4) is 5.75 Å². The monoisotopic (exact) mass is 347 g/mol. The molecule has 1 aliphatic heterocycles. The van der Waals surface area contributed by atoms with Gasteiger partial charge in [0.25, 0.3) is 0 Å². The van der Waals surface area contributed by atoms with Gasteiger partial charge >= 0.3 is 0 Å². The molecule has 0 aromatic heterocycles. The SMILES string of the molecule is CC1(C)N=C(c2ccc(F)cc2)c2ccc(CNS(=O)[O-])cc2O1. The van der Waals surface area contributed by atoms with Gasteiger partial charge in [0.2, 0.25) is 0 Å². The molecule has 1 atom stereocenters. The average molecular weight is 347 g/mol. The first-order valence-corrected chi connectivity index (χ1v) is 8.42. The van der Waals surface area contributed by atoms with Gasteiger partial charge in [0.15, 0.2) is 5.72 Å². The summed E-state index contributed by atoms with van der Waals surface area (Å²) in [6, 6.07) is 11.6. The van der Waals surface area contributed by atoms with E-state index in [0.29, 0.717) is 11.5 Å². The van der Waals surface area contributed by atoms with Gasteiger partial charge in [-0.2, -0.15) is 0 Å². The van der Waals surface area contributed by atoms with E-state index in [1.54, 1.807) is 24.3 Å². The Bertz CT molecular complexity index is 819. The molecule has 1 aliphatic rings. The maximum Gasteiger partial charge on any atom is 0.195 e. The lowest BCUT2D eigenvalue weighted by atomic mass is 9.97. The molecule has 3 rings (SSSR count). The Balaban J connectivity index is 2.01. The Morgan fingerprint density at radius 2 is 1.96 bits per heavy atom. The minimum absolute atomic E-state index is 0.177. The van der Waals surface area contributed by atoms with Gasteiger partial charge in [-0.05, 0) is 55.8 Å². The smallest absolute Gasteiger partial charge is 0.195 e. The maximum atomic E-state index is 13.2. The number of aliphatic imine (C=N–C) groups is 1. The van der Waals surface area contributed by atoms with Crippen LogP contribution in [0.3, 0.4) is 0 Å². The molecule has 0 bridgehead atoms. The molecule has 2 aromatic carbocycles. The minimum Gasteiger partial charge on any atom is -0.760 e. The van der Waals surface area contributed by atoms with Crippen molar-refractivity contribution in [2.24, 2.45) is 4.99 Å². The highest BCUT2D eigenvalue weighted by Gasteiger charge is 2.28. The first kappa shape index (κ1) is 16.8. The lowest BCUT2D eigenvalue weighted by Gasteiger charge is -2.30. The van der Waals surface area contributed by atoms with Crippen molar-refractivity contribution in [3.63, 3.8) is 0 Å². The van der Waals surface area contributed by atoms with Crippen LogP contribution in [0.15, 0.2) is 47.5 Å². The van der Waals surface area contributed by atoms with E-state index in [-0.39, 0.29) is 12.4 Å². The third kappa shape index (κ3) is 3.69. The highest BCUT2D eigenvalue weighted by atomic mass is 32.2. The van der Waals surface area contributed by atoms with E-state index >= 15 is 0 Å². The number of fused-ring (bicyclic) bond motifs is 1. The van der Waals surface area contributed by atoms with E-state index in [2.05, 4.69) is 9.71 Å². The van der Waals surface area contributed by atoms with Crippen LogP contribution in [0.2, 0.25) is 0 Å². The van der Waals surface area contributed by atoms with E-state index < -0.39 is 17.0 Å². The molecule has 0 fully saturated rings. The van der Waals surface area contributed by atoms with Crippen molar-refractivity contribution < 1.29 is 17.9 Å². The maximum absolute atomic E-state index is 13.2.